The van der Waals surface area contributed by atoms with Crippen molar-refractivity contribution in [2.45, 2.75) is 65.2 Å². The van der Waals surface area contributed by atoms with Crippen LogP contribution in [-0.4, -0.2) is 35.5 Å². The molecular formula is C22H31F3N4. The number of nitrogens with zero attached hydrogens (tertiary/aromatic N) is 2. The number of nitrogens with one attached hydrogen (secondary N) is 1. The molecule has 0 aromatic heterocycles. The number of alkyl halides is 3. The molecule has 1 aromatic carbocycles. The fraction of sp³-hybridized carbons (Fsp3) is 0.500. The fourth-order valence-corrected chi connectivity index (χ4v) is 3.53. The van der Waals surface area contributed by atoms with E-state index in [1.165, 1.54) is 0 Å². The van der Waals surface area contributed by atoms with E-state index < -0.39 is 12.2 Å². The first-order valence-corrected chi connectivity index (χ1v) is 9.98. The molecule has 0 saturated heterocycles. The third kappa shape index (κ3) is 5.78. The van der Waals surface area contributed by atoms with Gasteiger partial charge in [-0.05, 0) is 44.4 Å². The molecule has 0 bridgehead atoms. The molecule has 2 unspecified atom stereocenters. The zero-order valence-corrected chi connectivity index (χ0v) is 17.6. The SMILES string of the molecule is C=C(CN1C(C)=NC(c2ccc(C)cc2N)=CC1CC)NC(CCC)C(F)(F)F. The highest BCUT2D eigenvalue weighted by Crippen LogP contribution is 2.30. The summed E-state index contributed by atoms with van der Waals surface area (Å²) in [6, 6.07) is 4.26. The van der Waals surface area contributed by atoms with E-state index in [0.717, 1.165) is 29.1 Å². The number of aryl methyl sites for hydroxylation is 1. The Kier molecular flexibility index (Phi) is 7.38. The van der Waals surface area contributed by atoms with Gasteiger partial charge in [-0.3, -0.25) is 0 Å². The summed E-state index contributed by atoms with van der Waals surface area (Å²) in [6.07, 6.45) is -1.04. The van der Waals surface area contributed by atoms with E-state index in [-0.39, 0.29) is 19.0 Å². The van der Waals surface area contributed by atoms with Gasteiger partial charge in [0.15, 0.2) is 0 Å². The van der Waals surface area contributed by atoms with Crippen LogP contribution < -0.4 is 11.1 Å². The van der Waals surface area contributed by atoms with Gasteiger partial charge in [0.25, 0.3) is 0 Å². The van der Waals surface area contributed by atoms with E-state index >= 15 is 0 Å². The second-order valence-electron chi connectivity index (χ2n) is 7.54. The molecule has 4 nitrogen and oxygen atoms in total. The number of anilines is 1. The van der Waals surface area contributed by atoms with Crippen molar-refractivity contribution >= 4 is 17.2 Å². The number of hydrogen-bond acceptors (Lipinski definition) is 4. The molecule has 0 aliphatic carbocycles. The van der Waals surface area contributed by atoms with Crippen molar-refractivity contribution in [3.05, 3.63) is 47.7 Å². The lowest BCUT2D eigenvalue weighted by Gasteiger charge is -2.36. The third-order valence-corrected chi connectivity index (χ3v) is 5.06. The topological polar surface area (TPSA) is 53.6 Å². The summed E-state index contributed by atoms with van der Waals surface area (Å²) in [7, 11) is 0. The van der Waals surface area contributed by atoms with Crippen molar-refractivity contribution < 1.29 is 13.2 Å². The van der Waals surface area contributed by atoms with Crippen molar-refractivity contribution in [2.75, 3.05) is 12.3 Å². The van der Waals surface area contributed by atoms with E-state index in [1.54, 1.807) is 6.92 Å². The smallest absolute Gasteiger partial charge is 0.398 e. The molecule has 1 aromatic rings. The highest BCUT2D eigenvalue weighted by molar-refractivity contribution is 5.91. The van der Waals surface area contributed by atoms with Crippen LogP contribution in [0.1, 0.15) is 51.2 Å². The van der Waals surface area contributed by atoms with Crippen LogP contribution in [0, 0.1) is 6.92 Å². The zero-order valence-electron chi connectivity index (χ0n) is 17.6. The van der Waals surface area contributed by atoms with Crippen molar-refractivity contribution in [1.29, 1.82) is 0 Å². The first-order chi connectivity index (χ1) is 13.6. The van der Waals surface area contributed by atoms with Gasteiger partial charge in [0.1, 0.15) is 11.9 Å². The first-order valence-electron chi connectivity index (χ1n) is 9.98. The van der Waals surface area contributed by atoms with Crippen LogP contribution in [0.3, 0.4) is 0 Å². The van der Waals surface area contributed by atoms with Crippen LogP contribution in [0.25, 0.3) is 5.70 Å². The number of rotatable bonds is 8. The molecule has 1 aliphatic rings. The minimum atomic E-state index is -4.30. The summed E-state index contributed by atoms with van der Waals surface area (Å²) in [5, 5.41) is 2.57. The van der Waals surface area contributed by atoms with Crippen LogP contribution in [0.5, 0.6) is 0 Å². The minimum Gasteiger partial charge on any atom is -0.398 e. The Labute approximate surface area is 171 Å². The Morgan fingerprint density at radius 1 is 1.31 bits per heavy atom. The lowest BCUT2D eigenvalue weighted by molar-refractivity contribution is -0.155. The number of amidine groups is 1. The Morgan fingerprint density at radius 2 is 2.00 bits per heavy atom. The predicted molar refractivity (Wildman–Crippen MR) is 114 cm³/mol. The Balaban J connectivity index is 2.18. The monoisotopic (exact) mass is 408 g/mol. The molecule has 1 heterocycles. The van der Waals surface area contributed by atoms with Gasteiger partial charge in [0.05, 0.1) is 18.3 Å². The van der Waals surface area contributed by atoms with Gasteiger partial charge in [-0.1, -0.05) is 39.0 Å². The normalized spacial score (nSPS) is 18.2. The van der Waals surface area contributed by atoms with Gasteiger partial charge in [-0.2, -0.15) is 13.2 Å². The molecule has 1 aliphatic heterocycles. The molecular weight excluding hydrogens is 377 g/mol. The molecule has 2 atom stereocenters. The lowest BCUT2D eigenvalue weighted by Crippen LogP contribution is -2.47. The third-order valence-electron chi connectivity index (χ3n) is 5.06. The fourth-order valence-electron chi connectivity index (χ4n) is 3.53. The molecule has 0 radical (unpaired) electrons. The van der Waals surface area contributed by atoms with Crippen molar-refractivity contribution in [3.8, 4) is 0 Å². The zero-order chi connectivity index (χ0) is 21.8. The number of nitrogens with two attached hydrogens (primary N) is 1. The standard InChI is InChI=1S/C22H31F3N4/c1-6-8-21(22(23,24)25)27-15(4)13-29-16(5)28-20(12-17(29)7-2)18-10-9-14(3)11-19(18)26/h9-12,17,21,27H,4,6-8,13,26H2,1-3,5H3. The van der Waals surface area contributed by atoms with Crippen LogP contribution in [0.4, 0.5) is 18.9 Å². The van der Waals surface area contributed by atoms with Gasteiger partial charge < -0.3 is 16.0 Å². The van der Waals surface area contributed by atoms with E-state index in [0.29, 0.717) is 17.8 Å². The summed E-state index contributed by atoms with van der Waals surface area (Å²) in [5.41, 5.74) is 9.90. The molecule has 7 heteroatoms. The average Bonchev–Trinajstić information content (AvgIpc) is 2.62. The Bertz CT molecular complexity index is 796. The summed E-state index contributed by atoms with van der Waals surface area (Å²) in [6.45, 7) is 11.7. The summed E-state index contributed by atoms with van der Waals surface area (Å²) in [4.78, 5) is 6.65. The van der Waals surface area contributed by atoms with Crippen LogP contribution >= 0.6 is 0 Å². The van der Waals surface area contributed by atoms with E-state index in [4.69, 9.17) is 5.73 Å². The number of nitrogen functional groups attached to an aromatic ring is 1. The number of benzene rings is 1. The maximum Gasteiger partial charge on any atom is 0.408 e. The number of aliphatic imine (C=N–C) groups is 1. The molecule has 160 valence electrons. The summed E-state index contributed by atoms with van der Waals surface area (Å²) >= 11 is 0. The molecule has 0 saturated carbocycles. The van der Waals surface area contributed by atoms with Crippen molar-refractivity contribution in [3.63, 3.8) is 0 Å². The Morgan fingerprint density at radius 3 is 2.55 bits per heavy atom. The average molecular weight is 409 g/mol. The number of hydrogen-bond donors (Lipinski definition) is 2. The van der Waals surface area contributed by atoms with E-state index in [1.807, 2.05) is 49.9 Å². The molecule has 29 heavy (non-hydrogen) atoms. The van der Waals surface area contributed by atoms with Crippen LogP contribution in [-0.2, 0) is 0 Å². The van der Waals surface area contributed by atoms with Gasteiger partial charge in [-0.15, -0.1) is 0 Å². The molecule has 2 rings (SSSR count). The second kappa shape index (κ2) is 9.37. The van der Waals surface area contributed by atoms with Crippen molar-refractivity contribution in [1.82, 2.24) is 10.2 Å². The molecule has 3 N–H and O–H groups in total. The highest BCUT2D eigenvalue weighted by atomic mass is 19.4. The maximum atomic E-state index is 13.2. The molecule has 0 amide bonds. The van der Waals surface area contributed by atoms with E-state index in [9.17, 15) is 13.2 Å². The van der Waals surface area contributed by atoms with Crippen molar-refractivity contribution in [2.24, 2.45) is 4.99 Å². The van der Waals surface area contributed by atoms with Gasteiger partial charge >= 0.3 is 6.18 Å². The van der Waals surface area contributed by atoms with Gasteiger partial charge in [0, 0.05) is 16.9 Å². The van der Waals surface area contributed by atoms with Gasteiger partial charge in [-0.25, -0.2) is 4.99 Å². The quantitative estimate of drug-likeness (QED) is 0.577. The maximum absolute atomic E-state index is 13.2. The number of halogens is 3. The summed E-state index contributed by atoms with van der Waals surface area (Å²) in [5.74, 6) is 0.733. The second-order valence-corrected chi connectivity index (χ2v) is 7.54. The first kappa shape index (κ1) is 22.8. The van der Waals surface area contributed by atoms with E-state index in [2.05, 4.69) is 16.9 Å². The Hall–Kier alpha value is -2.44. The largest absolute Gasteiger partial charge is 0.408 e. The van der Waals surface area contributed by atoms with Crippen LogP contribution in [0.2, 0.25) is 0 Å². The highest BCUT2D eigenvalue weighted by Gasteiger charge is 2.39. The van der Waals surface area contributed by atoms with Crippen LogP contribution in [0.15, 0.2) is 41.5 Å². The summed E-state index contributed by atoms with van der Waals surface area (Å²) < 4.78 is 39.6. The minimum absolute atomic E-state index is 0.00253. The molecule has 0 spiro atoms. The lowest BCUT2D eigenvalue weighted by atomic mass is 10.0. The van der Waals surface area contributed by atoms with Gasteiger partial charge in [0.2, 0.25) is 0 Å². The predicted octanol–water partition coefficient (Wildman–Crippen LogP) is 5.27. The molecule has 0 fully saturated rings.